The van der Waals surface area contributed by atoms with Crippen LogP contribution in [-0.2, 0) is 27.9 Å². The number of hydrogen-bond acceptors (Lipinski definition) is 7. The van der Waals surface area contributed by atoms with Crippen molar-refractivity contribution in [2.45, 2.75) is 77.7 Å². The standard InChI is InChI=1S/C29H52NO7P/c1-6-8-10-11-12-13-14-15-16-17-18-19-20-21-24-34-26-28(37-29(31)22-9-7-2)27-36-38(32,33)35-25-23-30(3,4)5/h8,10,12-13,15-16,18-19,28H,6-7,9,11,14,17,20-27H2,1-5H3/b10-8-,13-12-,16-15-,19-18-. The van der Waals surface area contributed by atoms with E-state index < -0.39 is 19.9 Å². The van der Waals surface area contributed by atoms with Crippen molar-refractivity contribution in [1.29, 1.82) is 0 Å². The largest absolute Gasteiger partial charge is 0.756 e. The molecule has 0 saturated heterocycles. The fourth-order valence-electron chi connectivity index (χ4n) is 2.94. The molecule has 9 heteroatoms. The van der Waals surface area contributed by atoms with Gasteiger partial charge in [0.1, 0.15) is 19.3 Å². The van der Waals surface area contributed by atoms with Gasteiger partial charge in [0.25, 0.3) is 7.82 Å². The summed E-state index contributed by atoms with van der Waals surface area (Å²) >= 11 is 0. The topological polar surface area (TPSA) is 94.1 Å². The molecule has 0 saturated carbocycles. The number of allylic oxidation sites excluding steroid dienone is 8. The number of unbranched alkanes of at least 4 members (excludes halogenated alkanes) is 2. The van der Waals surface area contributed by atoms with E-state index >= 15 is 0 Å². The second-order valence-corrected chi connectivity index (χ2v) is 11.4. The van der Waals surface area contributed by atoms with Gasteiger partial charge in [0, 0.05) is 13.0 Å². The summed E-state index contributed by atoms with van der Waals surface area (Å²) in [5.41, 5.74) is 0. The van der Waals surface area contributed by atoms with Crippen LogP contribution in [0.4, 0.5) is 0 Å². The Bertz CT molecular complexity index is 757. The lowest BCUT2D eigenvalue weighted by Crippen LogP contribution is -2.37. The molecule has 8 nitrogen and oxygen atoms in total. The highest BCUT2D eigenvalue weighted by Gasteiger charge is 2.20. The van der Waals surface area contributed by atoms with Crippen LogP contribution < -0.4 is 4.89 Å². The molecule has 0 aliphatic heterocycles. The molecule has 2 atom stereocenters. The number of hydrogen-bond donors (Lipinski definition) is 0. The number of esters is 1. The highest BCUT2D eigenvalue weighted by Crippen LogP contribution is 2.38. The molecule has 0 radical (unpaired) electrons. The summed E-state index contributed by atoms with van der Waals surface area (Å²) in [5, 5.41) is 0. The highest BCUT2D eigenvalue weighted by atomic mass is 31.2. The van der Waals surface area contributed by atoms with E-state index in [1.807, 2.05) is 28.1 Å². The predicted molar refractivity (Wildman–Crippen MR) is 153 cm³/mol. The van der Waals surface area contributed by atoms with Gasteiger partial charge in [-0.2, -0.15) is 0 Å². The quantitative estimate of drug-likeness (QED) is 0.0480. The van der Waals surface area contributed by atoms with E-state index in [1.165, 1.54) is 0 Å². The van der Waals surface area contributed by atoms with E-state index in [0.29, 0.717) is 24.1 Å². The Morgan fingerprint density at radius 3 is 2.03 bits per heavy atom. The molecule has 0 spiro atoms. The summed E-state index contributed by atoms with van der Waals surface area (Å²) in [6.45, 7) is 4.83. The molecule has 220 valence electrons. The third-order valence-electron chi connectivity index (χ3n) is 5.14. The molecule has 0 aromatic rings. The summed E-state index contributed by atoms with van der Waals surface area (Å²) in [7, 11) is 1.30. The molecule has 0 aromatic heterocycles. The molecule has 2 unspecified atom stereocenters. The molecule has 0 aliphatic rings. The summed E-state index contributed by atoms with van der Waals surface area (Å²) in [6.07, 6.45) is 23.8. The Morgan fingerprint density at radius 1 is 0.842 bits per heavy atom. The summed E-state index contributed by atoms with van der Waals surface area (Å²) < 4.78 is 33.6. The number of ether oxygens (including phenoxy) is 2. The molecule has 0 fully saturated rings. The molecular formula is C29H52NO7P. The number of rotatable bonds is 24. The van der Waals surface area contributed by atoms with Gasteiger partial charge in [-0.3, -0.25) is 9.36 Å². The van der Waals surface area contributed by atoms with Crippen molar-refractivity contribution < 1.29 is 37.3 Å². The second-order valence-electron chi connectivity index (χ2n) is 10.0. The van der Waals surface area contributed by atoms with Crippen LogP contribution in [0, 0.1) is 0 Å². The smallest absolute Gasteiger partial charge is 0.306 e. The third kappa shape index (κ3) is 26.1. The van der Waals surface area contributed by atoms with Gasteiger partial charge in [0.2, 0.25) is 0 Å². The molecule has 0 heterocycles. The number of phosphoric acid groups is 1. The number of carbonyl (C=O) groups is 1. The molecule has 0 aliphatic carbocycles. The number of likely N-dealkylation sites (N-methyl/N-ethyl adjacent to an activating group) is 1. The first kappa shape index (κ1) is 36.5. The Hall–Kier alpha value is -1.54. The fraction of sp³-hybridized carbons (Fsp3) is 0.690. The minimum Gasteiger partial charge on any atom is -0.756 e. The van der Waals surface area contributed by atoms with Gasteiger partial charge in [-0.25, -0.2) is 0 Å². The zero-order chi connectivity index (χ0) is 28.5. The number of phosphoric ester groups is 1. The van der Waals surface area contributed by atoms with Gasteiger partial charge in [-0.15, -0.1) is 0 Å². The van der Waals surface area contributed by atoms with Crippen molar-refractivity contribution in [2.24, 2.45) is 0 Å². The lowest BCUT2D eigenvalue weighted by atomic mass is 10.2. The van der Waals surface area contributed by atoms with Crippen LogP contribution >= 0.6 is 7.82 Å². The molecule has 0 bridgehead atoms. The lowest BCUT2D eigenvalue weighted by Gasteiger charge is -2.28. The minimum atomic E-state index is -4.50. The second kappa shape index (κ2) is 23.4. The van der Waals surface area contributed by atoms with Crippen LogP contribution in [0.5, 0.6) is 0 Å². The van der Waals surface area contributed by atoms with Crippen molar-refractivity contribution in [3.05, 3.63) is 48.6 Å². The van der Waals surface area contributed by atoms with Gasteiger partial charge in [-0.1, -0.05) is 68.9 Å². The normalized spacial score (nSPS) is 15.2. The van der Waals surface area contributed by atoms with E-state index in [2.05, 4.69) is 55.5 Å². The van der Waals surface area contributed by atoms with Crippen LogP contribution in [0.25, 0.3) is 0 Å². The van der Waals surface area contributed by atoms with E-state index in [9.17, 15) is 14.3 Å². The first-order valence-corrected chi connectivity index (χ1v) is 15.3. The minimum absolute atomic E-state index is 0.0129. The van der Waals surface area contributed by atoms with Gasteiger partial charge < -0.3 is 27.9 Å². The third-order valence-corrected chi connectivity index (χ3v) is 6.11. The van der Waals surface area contributed by atoms with Crippen molar-refractivity contribution in [3.8, 4) is 0 Å². The van der Waals surface area contributed by atoms with Crippen molar-refractivity contribution in [3.63, 3.8) is 0 Å². The molecule has 0 N–H and O–H groups in total. The zero-order valence-electron chi connectivity index (χ0n) is 24.3. The summed E-state index contributed by atoms with van der Waals surface area (Å²) in [5.74, 6) is -0.393. The van der Waals surface area contributed by atoms with E-state index in [1.54, 1.807) is 0 Å². The monoisotopic (exact) mass is 557 g/mol. The Labute approximate surface area is 231 Å². The van der Waals surface area contributed by atoms with Crippen LogP contribution in [0.15, 0.2) is 48.6 Å². The Kier molecular flexibility index (Phi) is 22.4. The maximum Gasteiger partial charge on any atom is 0.306 e. The van der Waals surface area contributed by atoms with E-state index in [0.717, 1.165) is 44.9 Å². The Morgan fingerprint density at radius 2 is 1.45 bits per heavy atom. The maximum atomic E-state index is 12.1. The van der Waals surface area contributed by atoms with Crippen LogP contribution in [0.2, 0.25) is 0 Å². The molecule has 38 heavy (non-hydrogen) atoms. The molecular weight excluding hydrogens is 505 g/mol. The number of quaternary nitrogens is 1. The van der Waals surface area contributed by atoms with Crippen LogP contribution in [0.3, 0.4) is 0 Å². The first-order chi connectivity index (χ1) is 18.1. The average molecular weight is 558 g/mol. The van der Waals surface area contributed by atoms with Crippen LogP contribution in [0.1, 0.15) is 71.6 Å². The van der Waals surface area contributed by atoms with Crippen molar-refractivity contribution in [2.75, 3.05) is 54.1 Å². The van der Waals surface area contributed by atoms with E-state index in [4.69, 9.17) is 18.5 Å². The number of carbonyl (C=O) groups excluding carboxylic acids is 1. The first-order valence-electron chi connectivity index (χ1n) is 13.9. The van der Waals surface area contributed by atoms with Gasteiger partial charge in [0.05, 0.1) is 34.4 Å². The van der Waals surface area contributed by atoms with Gasteiger partial charge in [0.15, 0.2) is 0 Å². The maximum absolute atomic E-state index is 12.1. The molecule has 0 amide bonds. The number of nitrogens with zero attached hydrogens (tertiary/aromatic N) is 1. The van der Waals surface area contributed by atoms with Crippen LogP contribution in [-0.4, -0.2) is 70.7 Å². The Balaban J connectivity index is 4.29. The summed E-state index contributed by atoms with van der Waals surface area (Å²) in [4.78, 5) is 24.1. The predicted octanol–water partition coefficient (Wildman–Crippen LogP) is 5.90. The average Bonchev–Trinajstić information content (AvgIpc) is 2.84. The summed E-state index contributed by atoms with van der Waals surface area (Å²) in [6, 6.07) is 0. The lowest BCUT2D eigenvalue weighted by molar-refractivity contribution is -0.870. The zero-order valence-corrected chi connectivity index (χ0v) is 25.2. The highest BCUT2D eigenvalue weighted by molar-refractivity contribution is 7.45. The molecule has 0 rings (SSSR count). The van der Waals surface area contributed by atoms with Gasteiger partial charge in [-0.05, 0) is 44.9 Å². The van der Waals surface area contributed by atoms with Crippen molar-refractivity contribution in [1.82, 2.24) is 0 Å². The molecule has 0 aromatic carbocycles. The van der Waals surface area contributed by atoms with Gasteiger partial charge >= 0.3 is 5.97 Å². The SMILES string of the molecule is CC/C=C\C/C=C\C/C=C\C/C=C\CCCOCC(COP(=O)([O-])OCC[N+](C)(C)C)OC(=O)CCCC. The fourth-order valence-corrected chi connectivity index (χ4v) is 3.66. The van der Waals surface area contributed by atoms with E-state index in [-0.39, 0.29) is 26.2 Å². The van der Waals surface area contributed by atoms with Crippen molar-refractivity contribution >= 4 is 13.8 Å².